The molecule has 0 bridgehead atoms. The number of carbonyl (C=O) groups excluding carboxylic acids is 1. The molecule has 1 aromatic carbocycles. The lowest BCUT2D eigenvalue weighted by atomic mass is 9.87. The molecule has 1 rings (SSSR count). The molecule has 0 saturated heterocycles. The van der Waals surface area contributed by atoms with Crippen molar-refractivity contribution in [1.29, 1.82) is 0 Å². The molecule has 112 valence electrons. The Morgan fingerprint density at radius 1 is 1.50 bits per heavy atom. The van der Waals surface area contributed by atoms with Crippen molar-refractivity contribution in [2.24, 2.45) is 11.1 Å². The summed E-state index contributed by atoms with van der Waals surface area (Å²) in [5, 5.41) is 2.81. The Morgan fingerprint density at radius 3 is 2.60 bits per heavy atom. The van der Waals surface area contributed by atoms with Gasteiger partial charge in [0.25, 0.3) is 0 Å². The molecule has 0 aromatic heterocycles. The van der Waals surface area contributed by atoms with E-state index in [0.717, 1.165) is 12.5 Å². The highest BCUT2D eigenvalue weighted by Gasteiger charge is 2.19. The smallest absolute Gasteiger partial charge is 0.226 e. The summed E-state index contributed by atoms with van der Waals surface area (Å²) in [7, 11) is 0. The average Bonchev–Trinajstić information content (AvgIpc) is 2.20. The van der Waals surface area contributed by atoms with Gasteiger partial charge in [0, 0.05) is 16.9 Å². The van der Waals surface area contributed by atoms with Crippen LogP contribution in [-0.4, -0.2) is 11.9 Å². The minimum atomic E-state index is -0.468. The highest BCUT2D eigenvalue weighted by molar-refractivity contribution is 9.10. The van der Waals surface area contributed by atoms with Gasteiger partial charge in [-0.1, -0.05) is 32.4 Å². The van der Waals surface area contributed by atoms with Crippen LogP contribution in [0.5, 0.6) is 0 Å². The van der Waals surface area contributed by atoms with Crippen molar-refractivity contribution in [3.63, 3.8) is 0 Å². The Morgan fingerprint density at radius 2 is 2.10 bits per heavy atom. The molecule has 0 spiro atoms. The molecule has 1 aromatic rings. The van der Waals surface area contributed by atoms with Crippen molar-refractivity contribution in [3.8, 4) is 0 Å². The van der Waals surface area contributed by atoms with E-state index in [0.29, 0.717) is 10.2 Å². The van der Waals surface area contributed by atoms with E-state index in [1.807, 2.05) is 0 Å². The predicted octanol–water partition coefficient (Wildman–Crippen LogP) is 4.33. The number of hydrogen-bond acceptors (Lipinski definition) is 2. The third-order valence-electron chi connectivity index (χ3n) is 2.59. The van der Waals surface area contributed by atoms with Crippen LogP contribution in [0.25, 0.3) is 0 Å². The SMILES string of the molecule is CC(C)(C)CC(N)CC(=O)Nc1c(Cl)cc(F)cc1Br. The lowest BCUT2D eigenvalue weighted by Crippen LogP contribution is -2.31. The quantitative estimate of drug-likeness (QED) is 0.834. The zero-order chi connectivity index (χ0) is 15.5. The molecule has 1 atom stereocenters. The van der Waals surface area contributed by atoms with Gasteiger partial charge in [0.2, 0.25) is 5.91 Å². The third kappa shape index (κ3) is 5.77. The number of rotatable bonds is 4. The minimum Gasteiger partial charge on any atom is -0.327 e. The van der Waals surface area contributed by atoms with Gasteiger partial charge in [0.1, 0.15) is 5.82 Å². The first-order valence-electron chi connectivity index (χ1n) is 6.28. The zero-order valence-corrected chi connectivity index (χ0v) is 14.1. The van der Waals surface area contributed by atoms with Gasteiger partial charge in [-0.3, -0.25) is 4.79 Å². The van der Waals surface area contributed by atoms with E-state index < -0.39 is 5.82 Å². The zero-order valence-electron chi connectivity index (χ0n) is 11.8. The number of halogens is 3. The molecule has 1 amide bonds. The van der Waals surface area contributed by atoms with Crippen LogP contribution in [0.1, 0.15) is 33.6 Å². The van der Waals surface area contributed by atoms with Crippen molar-refractivity contribution < 1.29 is 9.18 Å². The van der Waals surface area contributed by atoms with Gasteiger partial charge < -0.3 is 11.1 Å². The lowest BCUT2D eigenvalue weighted by Gasteiger charge is -2.22. The largest absolute Gasteiger partial charge is 0.327 e. The van der Waals surface area contributed by atoms with Crippen LogP contribution >= 0.6 is 27.5 Å². The molecule has 0 heterocycles. The van der Waals surface area contributed by atoms with Gasteiger partial charge in [-0.25, -0.2) is 4.39 Å². The molecule has 0 aliphatic rings. The summed E-state index contributed by atoms with van der Waals surface area (Å²) in [6, 6.07) is 2.17. The second kappa shape index (κ2) is 6.87. The summed E-state index contributed by atoms with van der Waals surface area (Å²) in [4.78, 5) is 11.9. The summed E-state index contributed by atoms with van der Waals surface area (Å²) in [6.45, 7) is 6.20. The summed E-state index contributed by atoms with van der Waals surface area (Å²) in [5.41, 5.74) is 6.37. The van der Waals surface area contributed by atoms with Crippen LogP contribution < -0.4 is 11.1 Å². The maximum atomic E-state index is 13.1. The average molecular weight is 366 g/mol. The Bertz CT molecular complexity index is 479. The van der Waals surface area contributed by atoms with Crippen LogP contribution in [0, 0.1) is 11.2 Å². The van der Waals surface area contributed by atoms with Gasteiger partial charge in [-0.15, -0.1) is 0 Å². The van der Waals surface area contributed by atoms with Crippen LogP contribution in [0.15, 0.2) is 16.6 Å². The van der Waals surface area contributed by atoms with E-state index in [1.54, 1.807) is 0 Å². The van der Waals surface area contributed by atoms with Crippen molar-refractivity contribution in [1.82, 2.24) is 0 Å². The molecule has 0 fully saturated rings. The maximum Gasteiger partial charge on any atom is 0.226 e. The third-order valence-corrected chi connectivity index (χ3v) is 3.52. The summed E-state index contributed by atoms with van der Waals surface area (Å²) >= 11 is 9.08. The van der Waals surface area contributed by atoms with Gasteiger partial charge in [-0.05, 0) is 39.9 Å². The molecule has 0 saturated carbocycles. The van der Waals surface area contributed by atoms with Crippen LogP contribution in [0.2, 0.25) is 5.02 Å². The first kappa shape index (κ1) is 17.4. The molecular weight excluding hydrogens is 347 g/mol. The standard InChI is InChI=1S/C14H19BrClFN2O/c1-14(2,3)7-9(18)6-12(20)19-13-10(15)4-8(17)5-11(13)16/h4-5,9H,6-7,18H2,1-3H3,(H,19,20). The van der Waals surface area contributed by atoms with Gasteiger partial charge >= 0.3 is 0 Å². The van der Waals surface area contributed by atoms with E-state index in [2.05, 4.69) is 42.0 Å². The molecule has 1 unspecified atom stereocenters. The molecule has 6 heteroatoms. The molecule has 3 nitrogen and oxygen atoms in total. The monoisotopic (exact) mass is 364 g/mol. The maximum absolute atomic E-state index is 13.1. The van der Waals surface area contributed by atoms with E-state index in [9.17, 15) is 9.18 Å². The first-order valence-corrected chi connectivity index (χ1v) is 7.45. The van der Waals surface area contributed by atoms with E-state index in [4.69, 9.17) is 17.3 Å². The number of nitrogens with one attached hydrogen (secondary N) is 1. The van der Waals surface area contributed by atoms with Crippen molar-refractivity contribution in [2.45, 2.75) is 39.7 Å². The van der Waals surface area contributed by atoms with Gasteiger partial charge in [-0.2, -0.15) is 0 Å². The highest BCUT2D eigenvalue weighted by atomic mass is 79.9. The lowest BCUT2D eigenvalue weighted by molar-refractivity contribution is -0.116. The molecule has 0 radical (unpaired) electrons. The van der Waals surface area contributed by atoms with Gasteiger partial charge in [0.15, 0.2) is 0 Å². The number of nitrogens with two attached hydrogens (primary N) is 1. The van der Waals surface area contributed by atoms with Crippen LogP contribution in [-0.2, 0) is 4.79 Å². The van der Waals surface area contributed by atoms with Gasteiger partial charge in [0.05, 0.1) is 10.7 Å². The molecule has 20 heavy (non-hydrogen) atoms. The van der Waals surface area contributed by atoms with Crippen molar-refractivity contribution >= 4 is 39.1 Å². The Balaban J connectivity index is 2.68. The summed E-state index contributed by atoms with van der Waals surface area (Å²) in [5.74, 6) is -0.708. The molecule has 3 N–H and O–H groups in total. The predicted molar refractivity (Wildman–Crippen MR) is 84.4 cm³/mol. The number of amides is 1. The second-order valence-corrected chi connectivity index (χ2v) is 7.28. The number of carbonyl (C=O) groups is 1. The molecule has 0 aliphatic heterocycles. The summed E-state index contributed by atoms with van der Waals surface area (Å²) in [6.07, 6.45) is 0.927. The van der Waals surface area contributed by atoms with Crippen molar-refractivity contribution in [2.75, 3.05) is 5.32 Å². The highest BCUT2D eigenvalue weighted by Crippen LogP contribution is 2.32. The number of anilines is 1. The fourth-order valence-electron chi connectivity index (χ4n) is 1.95. The fraction of sp³-hybridized carbons (Fsp3) is 0.500. The fourth-order valence-corrected chi connectivity index (χ4v) is 2.85. The molecular formula is C14H19BrClFN2O. The second-order valence-electron chi connectivity index (χ2n) is 6.02. The van der Waals surface area contributed by atoms with Crippen LogP contribution in [0.3, 0.4) is 0 Å². The van der Waals surface area contributed by atoms with E-state index in [-0.39, 0.29) is 28.8 Å². The Labute approximate surface area is 132 Å². The van der Waals surface area contributed by atoms with E-state index >= 15 is 0 Å². The topological polar surface area (TPSA) is 55.1 Å². The number of hydrogen-bond donors (Lipinski definition) is 2. The first-order chi connectivity index (χ1) is 9.08. The van der Waals surface area contributed by atoms with Crippen molar-refractivity contribution in [3.05, 3.63) is 27.4 Å². The van der Waals surface area contributed by atoms with Crippen LogP contribution in [0.4, 0.5) is 10.1 Å². The normalized spacial score (nSPS) is 13.2. The Kier molecular flexibility index (Phi) is 5.98. The molecule has 0 aliphatic carbocycles. The minimum absolute atomic E-state index is 0.0633. The summed E-state index contributed by atoms with van der Waals surface area (Å²) < 4.78 is 13.5. The number of benzene rings is 1. The Hall–Kier alpha value is -0.650. The van der Waals surface area contributed by atoms with E-state index in [1.165, 1.54) is 6.07 Å².